The van der Waals surface area contributed by atoms with Crippen molar-refractivity contribution >= 4 is 15.9 Å². The molecule has 0 saturated heterocycles. The summed E-state index contributed by atoms with van der Waals surface area (Å²) in [6.07, 6.45) is 0. The molecule has 1 aliphatic heterocycles. The van der Waals surface area contributed by atoms with Gasteiger partial charge < -0.3 is 14.9 Å². The maximum absolute atomic E-state index is 12.3. The molecule has 110 valence electrons. The van der Waals surface area contributed by atoms with Gasteiger partial charge in [0, 0.05) is 10.5 Å². The second kappa shape index (κ2) is 5.35. The van der Waals surface area contributed by atoms with E-state index in [1.165, 1.54) is 0 Å². The molecule has 2 aromatic rings. The predicted molar refractivity (Wildman–Crippen MR) is 83.2 cm³/mol. The Kier molecular flexibility index (Phi) is 3.51. The van der Waals surface area contributed by atoms with Crippen LogP contribution in [0.15, 0.2) is 55.5 Å². The minimum atomic E-state index is -0.608. The van der Waals surface area contributed by atoms with E-state index in [1.807, 2.05) is 30.3 Å². The molecule has 0 fully saturated rings. The Bertz CT molecular complexity index is 893. The Labute approximate surface area is 134 Å². The van der Waals surface area contributed by atoms with E-state index in [1.54, 1.807) is 13.0 Å². The van der Waals surface area contributed by atoms with Crippen molar-refractivity contribution in [1.29, 1.82) is 5.26 Å². The van der Waals surface area contributed by atoms with Crippen LogP contribution in [0.25, 0.3) is 0 Å². The maximum atomic E-state index is 12.3. The number of nitriles is 1. The van der Waals surface area contributed by atoms with Gasteiger partial charge in [-0.1, -0.05) is 28.1 Å². The average molecular weight is 359 g/mol. The monoisotopic (exact) mass is 358 g/mol. The quantitative estimate of drug-likeness (QED) is 0.846. The second-order valence-electron chi connectivity index (χ2n) is 4.90. The number of halogens is 1. The van der Waals surface area contributed by atoms with Crippen LogP contribution in [0.5, 0.6) is 5.75 Å². The number of benzene rings is 1. The number of hydrogen-bond donors (Lipinski definition) is 1. The van der Waals surface area contributed by atoms with Crippen molar-refractivity contribution in [2.45, 2.75) is 12.8 Å². The number of nitrogens with two attached hydrogens (primary N) is 1. The summed E-state index contributed by atoms with van der Waals surface area (Å²) in [5.41, 5.74) is 6.57. The van der Waals surface area contributed by atoms with Gasteiger partial charge in [0.25, 0.3) is 0 Å². The lowest BCUT2D eigenvalue weighted by Crippen LogP contribution is -2.26. The van der Waals surface area contributed by atoms with Crippen LogP contribution in [-0.4, -0.2) is 0 Å². The van der Waals surface area contributed by atoms with Crippen molar-refractivity contribution < 1.29 is 9.15 Å². The molecule has 1 aromatic carbocycles. The molecule has 22 heavy (non-hydrogen) atoms. The first-order valence-corrected chi connectivity index (χ1v) is 7.28. The molecular formula is C16H11BrN2O3. The molecule has 3 rings (SSSR count). The Morgan fingerprint density at radius 3 is 2.82 bits per heavy atom. The molecule has 5 nitrogen and oxygen atoms in total. The Morgan fingerprint density at radius 2 is 2.14 bits per heavy atom. The lowest BCUT2D eigenvalue weighted by atomic mass is 9.84. The summed E-state index contributed by atoms with van der Waals surface area (Å²) < 4.78 is 11.4. The fraction of sp³-hybridized carbons (Fsp3) is 0.125. The molecule has 0 bridgehead atoms. The van der Waals surface area contributed by atoms with Gasteiger partial charge in [-0.05, 0) is 24.6 Å². The molecule has 0 spiro atoms. The van der Waals surface area contributed by atoms with Crippen LogP contribution < -0.4 is 16.1 Å². The number of ether oxygens (including phenoxy) is 1. The van der Waals surface area contributed by atoms with Crippen molar-refractivity contribution in [3.63, 3.8) is 0 Å². The van der Waals surface area contributed by atoms with E-state index in [0.29, 0.717) is 11.5 Å². The van der Waals surface area contributed by atoms with E-state index in [2.05, 4.69) is 15.9 Å². The highest BCUT2D eigenvalue weighted by Crippen LogP contribution is 2.40. The molecule has 0 amide bonds. The number of nitrogens with zero attached hydrogens (tertiary/aromatic N) is 1. The first-order valence-electron chi connectivity index (χ1n) is 6.49. The minimum Gasteiger partial charge on any atom is -0.440 e. The van der Waals surface area contributed by atoms with E-state index < -0.39 is 11.5 Å². The van der Waals surface area contributed by atoms with Crippen molar-refractivity contribution in [2.24, 2.45) is 5.73 Å². The largest absolute Gasteiger partial charge is 0.440 e. The third-order valence-electron chi connectivity index (χ3n) is 3.44. The number of hydrogen-bond acceptors (Lipinski definition) is 5. The molecule has 1 aliphatic rings. The number of fused-ring (bicyclic) bond motifs is 1. The van der Waals surface area contributed by atoms with Gasteiger partial charge in [0.1, 0.15) is 23.2 Å². The third-order valence-corrected chi connectivity index (χ3v) is 3.93. The van der Waals surface area contributed by atoms with Crippen LogP contribution in [-0.2, 0) is 0 Å². The number of allylic oxidation sites excluding steroid dienone is 1. The van der Waals surface area contributed by atoms with Crippen LogP contribution in [0, 0.1) is 18.3 Å². The SMILES string of the molecule is Cc1cc2c(c(=O)o1)[C@@H](c1cccc(Br)c1)C(C#N)=C(N)O2. The normalized spacial score (nSPS) is 16.7. The number of rotatable bonds is 1. The molecule has 1 aromatic heterocycles. The Hall–Kier alpha value is -2.52. The van der Waals surface area contributed by atoms with Gasteiger partial charge in [0.05, 0.1) is 11.5 Å². The molecule has 0 radical (unpaired) electrons. The standard InChI is InChI=1S/C16H11BrN2O3/c1-8-5-12-14(16(20)21-8)13(11(7-18)15(19)22-12)9-3-2-4-10(17)6-9/h2-6,13H,19H2,1H3/t13-/m0/s1. The molecule has 0 unspecified atom stereocenters. The van der Waals surface area contributed by atoms with Gasteiger partial charge in [0.2, 0.25) is 5.88 Å². The van der Waals surface area contributed by atoms with Crippen molar-refractivity contribution in [2.75, 3.05) is 0 Å². The van der Waals surface area contributed by atoms with E-state index in [0.717, 1.165) is 10.0 Å². The Balaban J connectivity index is 2.32. The van der Waals surface area contributed by atoms with Gasteiger partial charge >= 0.3 is 5.63 Å². The van der Waals surface area contributed by atoms with Gasteiger partial charge in [0.15, 0.2) is 0 Å². The zero-order valence-corrected chi connectivity index (χ0v) is 13.2. The number of aryl methyl sites for hydroxylation is 1. The van der Waals surface area contributed by atoms with E-state index in [-0.39, 0.29) is 17.0 Å². The fourth-order valence-electron chi connectivity index (χ4n) is 2.54. The molecule has 0 aliphatic carbocycles. The lowest BCUT2D eigenvalue weighted by molar-refractivity contribution is 0.371. The van der Waals surface area contributed by atoms with E-state index >= 15 is 0 Å². The van der Waals surface area contributed by atoms with Crippen molar-refractivity contribution in [1.82, 2.24) is 0 Å². The van der Waals surface area contributed by atoms with E-state index in [4.69, 9.17) is 14.9 Å². The van der Waals surface area contributed by atoms with Gasteiger partial charge in [-0.25, -0.2) is 4.79 Å². The van der Waals surface area contributed by atoms with E-state index in [9.17, 15) is 10.1 Å². The second-order valence-corrected chi connectivity index (χ2v) is 5.82. The summed E-state index contributed by atoms with van der Waals surface area (Å²) in [7, 11) is 0. The minimum absolute atomic E-state index is 0.00461. The van der Waals surface area contributed by atoms with Crippen molar-refractivity contribution in [3.8, 4) is 11.8 Å². The third kappa shape index (κ3) is 2.30. The van der Waals surface area contributed by atoms with Gasteiger partial charge in [-0.3, -0.25) is 0 Å². The summed E-state index contributed by atoms with van der Waals surface area (Å²) in [6, 6.07) is 11.0. The van der Waals surface area contributed by atoms with Gasteiger partial charge in [-0.2, -0.15) is 5.26 Å². The van der Waals surface area contributed by atoms with Crippen LogP contribution in [0.4, 0.5) is 0 Å². The molecule has 0 saturated carbocycles. The Morgan fingerprint density at radius 1 is 1.36 bits per heavy atom. The van der Waals surface area contributed by atoms with Crippen LogP contribution >= 0.6 is 15.9 Å². The fourth-order valence-corrected chi connectivity index (χ4v) is 2.95. The smallest absolute Gasteiger partial charge is 0.343 e. The zero-order valence-electron chi connectivity index (χ0n) is 11.6. The molecule has 2 heterocycles. The summed E-state index contributed by atoms with van der Waals surface area (Å²) >= 11 is 3.39. The van der Waals surface area contributed by atoms with Gasteiger partial charge in [-0.15, -0.1) is 0 Å². The van der Waals surface area contributed by atoms with Crippen LogP contribution in [0.3, 0.4) is 0 Å². The van der Waals surface area contributed by atoms with Crippen LogP contribution in [0.1, 0.15) is 22.8 Å². The van der Waals surface area contributed by atoms with Crippen LogP contribution in [0.2, 0.25) is 0 Å². The topological polar surface area (TPSA) is 89.2 Å². The first-order chi connectivity index (χ1) is 10.5. The maximum Gasteiger partial charge on any atom is 0.343 e. The molecule has 1 atom stereocenters. The molecular weight excluding hydrogens is 348 g/mol. The lowest BCUT2D eigenvalue weighted by Gasteiger charge is -2.25. The zero-order chi connectivity index (χ0) is 15.9. The average Bonchev–Trinajstić information content (AvgIpc) is 2.45. The summed E-state index contributed by atoms with van der Waals surface area (Å²) in [5.74, 6) is 0.147. The first kappa shape index (κ1) is 14.4. The van der Waals surface area contributed by atoms with Crippen molar-refractivity contribution in [3.05, 3.63) is 73.6 Å². The highest BCUT2D eigenvalue weighted by Gasteiger charge is 2.34. The molecule has 6 heteroatoms. The highest BCUT2D eigenvalue weighted by molar-refractivity contribution is 9.10. The molecule has 2 N–H and O–H groups in total. The highest BCUT2D eigenvalue weighted by atomic mass is 79.9. The summed E-state index contributed by atoms with van der Waals surface area (Å²) in [4.78, 5) is 12.3. The summed E-state index contributed by atoms with van der Waals surface area (Å²) in [6.45, 7) is 1.65. The summed E-state index contributed by atoms with van der Waals surface area (Å²) in [5, 5.41) is 9.42. The predicted octanol–water partition coefficient (Wildman–Crippen LogP) is 2.93.